The monoisotopic (exact) mass is 350 g/mol. The van der Waals surface area contributed by atoms with Gasteiger partial charge in [-0.15, -0.1) is 11.3 Å². The smallest absolute Gasteiger partial charge is 0.269 e. The molecule has 1 aromatic heterocycles. The summed E-state index contributed by atoms with van der Waals surface area (Å²) in [6.45, 7) is 1.36. The van der Waals surface area contributed by atoms with Gasteiger partial charge in [0.05, 0.1) is 0 Å². The van der Waals surface area contributed by atoms with E-state index >= 15 is 0 Å². The minimum absolute atomic E-state index is 0.0684. The van der Waals surface area contributed by atoms with Crippen LogP contribution >= 0.6 is 27.3 Å². The summed E-state index contributed by atoms with van der Waals surface area (Å²) in [6, 6.07) is 10.0. The Bertz CT molecular complexity index is 640. The van der Waals surface area contributed by atoms with Crippen molar-refractivity contribution >= 4 is 38.9 Å². The van der Waals surface area contributed by atoms with E-state index < -0.39 is 0 Å². The van der Waals surface area contributed by atoms with Crippen molar-refractivity contribution in [3.63, 3.8) is 0 Å². The normalized spacial score (nSPS) is 17.3. The van der Waals surface area contributed by atoms with Crippen LogP contribution in [0.3, 0.4) is 0 Å². The topological polar surface area (TPSA) is 46.3 Å². The lowest BCUT2D eigenvalue weighted by Crippen LogP contribution is -2.29. The molecule has 2 aromatic rings. The number of hydrogen-bond acceptors (Lipinski definition) is 3. The van der Waals surface area contributed by atoms with E-state index in [0.717, 1.165) is 28.0 Å². The zero-order chi connectivity index (χ0) is 14.1. The number of thiophene rings is 1. The van der Waals surface area contributed by atoms with Gasteiger partial charge >= 0.3 is 0 Å². The molecule has 20 heavy (non-hydrogen) atoms. The molecule has 2 N–H and O–H groups in total. The molecule has 0 aliphatic carbocycles. The van der Waals surface area contributed by atoms with E-state index in [1.54, 1.807) is 0 Å². The van der Waals surface area contributed by atoms with Crippen LogP contribution in [0, 0.1) is 0 Å². The number of rotatable bonds is 3. The van der Waals surface area contributed by atoms with Crippen molar-refractivity contribution in [2.75, 3.05) is 18.0 Å². The molecule has 1 aliphatic rings. The summed E-state index contributed by atoms with van der Waals surface area (Å²) in [6.07, 6.45) is 0.909. The lowest BCUT2D eigenvalue weighted by molar-refractivity contribution is 0.0991. The standard InChI is InChI=1S/C15H15BrN2OS/c16-12-6-8-20-14(12)15(19)18-9-10(5-7-17)11-3-1-2-4-13(11)18/h1-4,6,8,10H,5,7,9,17H2. The van der Waals surface area contributed by atoms with Crippen LogP contribution in [0.25, 0.3) is 0 Å². The lowest BCUT2D eigenvalue weighted by atomic mass is 9.98. The van der Waals surface area contributed by atoms with Gasteiger partial charge in [-0.2, -0.15) is 0 Å². The number of nitrogens with two attached hydrogens (primary N) is 1. The molecule has 3 rings (SSSR count). The first kappa shape index (κ1) is 13.8. The summed E-state index contributed by atoms with van der Waals surface area (Å²) in [4.78, 5) is 15.4. The fraction of sp³-hybridized carbons (Fsp3) is 0.267. The molecule has 0 fully saturated rings. The Kier molecular flexibility index (Phi) is 3.92. The Labute approximate surface area is 130 Å². The van der Waals surface area contributed by atoms with Gasteiger partial charge in [-0.05, 0) is 52.0 Å². The van der Waals surface area contributed by atoms with Crippen molar-refractivity contribution in [3.05, 3.63) is 50.6 Å². The molecule has 1 amide bonds. The highest BCUT2D eigenvalue weighted by Crippen LogP contribution is 2.39. The van der Waals surface area contributed by atoms with E-state index in [2.05, 4.69) is 22.0 Å². The lowest BCUT2D eigenvalue weighted by Gasteiger charge is -2.17. The van der Waals surface area contributed by atoms with Gasteiger partial charge in [0.2, 0.25) is 0 Å². The van der Waals surface area contributed by atoms with Crippen LogP contribution < -0.4 is 10.6 Å². The Morgan fingerprint density at radius 3 is 2.90 bits per heavy atom. The van der Waals surface area contributed by atoms with Crippen molar-refractivity contribution in [3.8, 4) is 0 Å². The van der Waals surface area contributed by atoms with Crippen molar-refractivity contribution in [1.82, 2.24) is 0 Å². The highest BCUT2D eigenvalue weighted by molar-refractivity contribution is 9.10. The largest absolute Gasteiger partial charge is 0.330 e. The van der Waals surface area contributed by atoms with Crippen LogP contribution in [-0.4, -0.2) is 19.0 Å². The Hall–Kier alpha value is -1.17. The molecule has 2 heterocycles. The Morgan fingerprint density at radius 2 is 2.20 bits per heavy atom. The average Bonchev–Trinajstić information content (AvgIpc) is 3.03. The number of nitrogens with zero attached hydrogens (tertiary/aromatic N) is 1. The number of carbonyl (C=O) groups is 1. The SMILES string of the molecule is NCCC1CN(C(=O)c2sccc2Br)c2ccccc21. The van der Waals surface area contributed by atoms with E-state index in [4.69, 9.17) is 5.73 Å². The fourth-order valence-corrected chi connectivity index (χ4v) is 4.19. The van der Waals surface area contributed by atoms with Crippen LogP contribution in [0.15, 0.2) is 40.2 Å². The number of fused-ring (bicyclic) bond motifs is 1. The van der Waals surface area contributed by atoms with E-state index in [9.17, 15) is 4.79 Å². The number of anilines is 1. The van der Waals surface area contributed by atoms with Crippen LogP contribution in [-0.2, 0) is 0 Å². The maximum Gasteiger partial charge on any atom is 0.269 e. The molecule has 0 bridgehead atoms. The highest BCUT2D eigenvalue weighted by atomic mass is 79.9. The molecular weight excluding hydrogens is 336 g/mol. The van der Waals surface area contributed by atoms with Gasteiger partial charge in [0, 0.05) is 22.6 Å². The molecule has 5 heteroatoms. The maximum atomic E-state index is 12.7. The third-order valence-corrected chi connectivity index (χ3v) is 5.47. The number of halogens is 1. The number of amides is 1. The quantitative estimate of drug-likeness (QED) is 0.918. The van der Waals surface area contributed by atoms with Gasteiger partial charge in [-0.3, -0.25) is 4.79 Å². The second-order valence-electron chi connectivity index (χ2n) is 4.85. The molecule has 0 saturated carbocycles. The minimum Gasteiger partial charge on any atom is -0.330 e. The van der Waals surface area contributed by atoms with Gasteiger partial charge in [0.25, 0.3) is 5.91 Å². The first-order valence-corrected chi connectivity index (χ1v) is 8.23. The van der Waals surface area contributed by atoms with Crippen LogP contribution in [0.1, 0.15) is 27.6 Å². The fourth-order valence-electron chi connectivity index (χ4n) is 2.70. The van der Waals surface area contributed by atoms with Gasteiger partial charge in [-0.1, -0.05) is 18.2 Å². The molecule has 1 aromatic carbocycles. The number of carbonyl (C=O) groups excluding carboxylic acids is 1. The molecule has 0 saturated heterocycles. The van der Waals surface area contributed by atoms with E-state index in [-0.39, 0.29) is 5.91 Å². The summed E-state index contributed by atoms with van der Waals surface area (Å²) >= 11 is 4.91. The third kappa shape index (κ3) is 2.30. The first-order valence-electron chi connectivity index (χ1n) is 6.56. The van der Waals surface area contributed by atoms with Gasteiger partial charge in [0.1, 0.15) is 4.88 Å². The molecule has 0 radical (unpaired) electrons. The molecule has 104 valence electrons. The zero-order valence-corrected chi connectivity index (χ0v) is 13.3. The zero-order valence-electron chi connectivity index (χ0n) is 10.9. The predicted octanol–water partition coefficient (Wildman–Crippen LogP) is 3.60. The summed E-state index contributed by atoms with van der Waals surface area (Å²) in [5.74, 6) is 0.415. The molecular formula is C15H15BrN2OS. The summed E-state index contributed by atoms with van der Waals surface area (Å²) < 4.78 is 0.868. The second-order valence-corrected chi connectivity index (χ2v) is 6.62. The second kappa shape index (κ2) is 5.68. The molecule has 1 unspecified atom stereocenters. The minimum atomic E-state index is 0.0684. The van der Waals surface area contributed by atoms with Crippen molar-refractivity contribution < 1.29 is 4.79 Å². The van der Waals surface area contributed by atoms with Gasteiger partial charge < -0.3 is 10.6 Å². The van der Waals surface area contributed by atoms with Crippen LogP contribution in [0.4, 0.5) is 5.69 Å². The molecule has 1 atom stereocenters. The number of benzene rings is 1. The molecule has 3 nitrogen and oxygen atoms in total. The summed E-state index contributed by atoms with van der Waals surface area (Å²) in [7, 11) is 0. The Balaban J connectivity index is 1.96. The van der Waals surface area contributed by atoms with Crippen LogP contribution in [0.2, 0.25) is 0 Å². The Morgan fingerprint density at radius 1 is 1.40 bits per heavy atom. The van der Waals surface area contributed by atoms with Gasteiger partial charge in [0.15, 0.2) is 0 Å². The average molecular weight is 351 g/mol. The number of para-hydroxylation sites is 1. The summed E-state index contributed by atoms with van der Waals surface area (Å²) in [5, 5.41) is 1.93. The number of hydrogen-bond donors (Lipinski definition) is 1. The third-order valence-electron chi connectivity index (χ3n) is 3.64. The van der Waals surface area contributed by atoms with Crippen molar-refractivity contribution in [1.29, 1.82) is 0 Å². The van der Waals surface area contributed by atoms with Crippen molar-refractivity contribution in [2.24, 2.45) is 5.73 Å². The molecule has 0 spiro atoms. The highest BCUT2D eigenvalue weighted by Gasteiger charge is 2.33. The van der Waals surface area contributed by atoms with Gasteiger partial charge in [-0.25, -0.2) is 0 Å². The first-order chi connectivity index (χ1) is 9.72. The van der Waals surface area contributed by atoms with Crippen LogP contribution in [0.5, 0.6) is 0 Å². The predicted molar refractivity (Wildman–Crippen MR) is 86.5 cm³/mol. The maximum absolute atomic E-state index is 12.7. The van der Waals surface area contributed by atoms with E-state index in [0.29, 0.717) is 12.5 Å². The summed E-state index contributed by atoms with van der Waals surface area (Å²) in [5.41, 5.74) is 7.96. The van der Waals surface area contributed by atoms with E-state index in [1.165, 1.54) is 16.9 Å². The van der Waals surface area contributed by atoms with Crippen molar-refractivity contribution in [2.45, 2.75) is 12.3 Å². The molecule has 1 aliphatic heterocycles. The van der Waals surface area contributed by atoms with E-state index in [1.807, 2.05) is 34.5 Å².